The van der Waals surface area contributed by atoms with E-state index in [1.54, 1.807) is 12.0 Å². The van der Waals surface area contributed by atoms with Crippen LogP contribution in [0.1, 0.15) is 5.56 Å². The van der Waals surface area contributed by atoms with E-state index >= 15 is 0 Å². The summed E-state index contributed by atoms with van der Waals surface area (Å²) in [5.41, 5.74) is 1.04. The van der Waals surface area contributed by atoms with Gasteiger partial charge in [-0.25, -0.2) is 4.79 Å². The van der Waals surface area contributed by atoms with E-state index in [4.69, 9.17) is 9.84 Å². The summed E-state index contributed by atoms with van der Waals surface area (Å²) in [5.74, 6) is 0. The maximum Gasteiger partial charge on any atom is 0.317 e. The molecule has 0 spiro atoms. The maximum absolute atomic E-state index is 11.9. The zero-order valence-electron chi connectivity index (χ0n) is 10.6. The lowest BCUT2D eigenvalue weighted by Crippen LogP contribution is -2.42. The van der Waals surface area contributed by atoms with Crippen LogP contribution in [-0.2, 0) is 11.3 Å². The third kappa shape index (κ3) is 5.16. The highest BCUT2D eigenvalue weighted by Gasteiger charge is 2.12. The molecule has 2 N–H and O–H groups in total. The van der Waals surface area contributed by atoms with Gasteiger partial charge in [0.25, 0.3) is 0 Å². The molecule has 0 saturated heterocycles. The lowest BCUT2D eigenvalue weighted by Gasteiger charge is -2.22. The standard InChI is InChI=1S/C13H20N2O3/c1-18-10-7-14-13(17)15(8-9-16)11-12-5-3-2-4-6-12/h2-6,16H,7-11H2,1H3,(H,14,17). The highest BCUT2D eigenvalue weighted by atomic mass is 16.5. The van der Waals surface area contributed by atoms with Crippen molar-refractivity contribution in [2.24, 2.45) is 0 Å². The summed E-state index contributed by atoms with van der Waals surface area (Å²) < 4.78 is 4.87. The smallest absolute Gasteiger partial charge is 0.317 e. The molecule has 18 heavy (non-hydrogen) atoms. The monoisotopic (exact) mass is 252 g/mol. The minimum atomic E-state index is -0.190. The number of ether oxygens (including phenoxy) is 1. The number of aliphatic hydroxyl groups excluding tert-OH is 1. The zero-order valence-corrected chi connectivity index (χ0v) is 10.6. The van der Waals surface area contributed by atoms with Crippen LogP contribution in [0.15, 0.2) is 30.3 Å². The summed E-state index contributed by atoms with van der Waals surface area (Å²) in [6, 6.07) is 9.49. The molecule has 0 aliphatic heterocycles. The summed E-state index contributed by atoms with van der Waals surface area (Å²) >= 11 is 0. The van der Waals surface area contributed by atoms with Gasteiger partial charge in [0.1, 0.15) is 0 Å². The molecule has 0 aromatic heterocycles. The van der Waals surface area contributed by atoms with Crippen molar-refractivity contribution in [2.75, 3.05) is 33.4 Å². The van der Waals surface area contributed by atoms with Crippen molar-refractivity contribution in [3.8, 4) is 0 Å². The van der Waals surface area contributed by atoms with E-state index in [-0.39, 0.29) is 12.6 Å². The summed E-state index contributed by atoms with van der Waals surface area (Å²) in [4.78, 5) is 13.4. The normalized spacial score (nSPS) is 10.1. The minimum absolute atomic E-state index is 0.0511. The van der Waals surface area contributed by atoms with Crippen molar-refractivity contribution in [3.63, 3.8) is 0 Å². The van der Waals surface area contributed by atoms with Crippen molar-refractivity contribution in [1.29, 1.82) is 0 Å². The van der Waals surface area contributed by atoms with Gasteiger partial charge in [-0.2, -0.15) is 0 Å². The predicted molar refractivity (Wildman–Crippen MR) is 69.2 cm³/mol. The van der Waals surface area contributed by atoms with E-state index in [2.05, 4.69) is 5.32 Å². The molecule has 5 heteroatoms. The average Bonchev–Trinajstić information content (AvgIpc) is 2.39. The second-order valence-electron chi connectivity index (χ2n) is 3.86. The number of benzene rings is 1. The Kier molecular flexibility index (Phi) is 6.83. The largest absolute Gasteiger partial charge is 0.395 e. The number of urea groups is 1. The van der Waals surface area contributed by atoms with Crippen LogP contribution >= 0.6 is 0 Å². The fourth-order valence-electron chi connectivity index (χ4n) is 1.55. The molecule has 0 bridgehead atoms. The Morgan fingerprint density at radius 1 is 1.39 bits per heavy atom. The van der Waals surface area contributed by atoms with E-state index in [0.29, 0.717) is 26.2 Å². The van der Waals surface area contributed by atoms with E-state index in [9.17, 15) is 4.79 Å². The van der Waals surface area contributed by atoms with E-state index in [1.165, 1.54) is 0 Å². The first-order valence-electron chi connectivity index (χ1n) is 5.94. The first-order valence-corrected chi connectivity index (χ1v) is 5.94. The van der Waals surface area contributed by atoms with Crippen LogP contribution in [0.2, 0.25) is 0 Å². The zero-order chi connectivity index (χ0) is 13.2. The first kappa shape index (κ1) is 14.5. The molecule has 2 amide bonds. The Labute approximate surface area is 107 Å². The highest BCUT2D eigenvalue weighted by molar-refractivity contribution is 5.74. The van der Waals surface area contributed by atoms with Crippen LogP contribution in [0.5, 0.6) is 0 Å². The Balaban J connectivity index is 2.50. The van der Waals surface area contributed by atoms with Crippen molar-refractivity contribution in [1.82, 2.24) is 10.2 Å². The van der Waals surface area contributed by atoms with E-state index in [1.807, 2.05) is 30.3 Å². The Morgan fingerprint density at radius 3 is 2.72 bits per heavy atom. The first-order chi connectivity index (χ1) is 8.77. The fraction of sp³-hybridized carbons (Fsp3) is 0.462. The number of hydrogen-bond donors (Lipinski definition) is 2. The van der Waals surface area contributed by atoms with E-state index in [0.717, 1.165) is 5.56 Å². The molecule has 0 saturated carbocycles. The van der Waals surface area contributed by atoms with Gasteiger partial charge in [0.2, 0.25) is 0 Å². The second kappa shape index (κ2) is 8.49. The molecule has 1 rings (SSSR count). The molecule has 1 aromatic carbocycles. The van der Waals surface area contributed by atoms with Gasteiger partial charge in [0.15, 0.2) is 0 Å². The second-order valence-corrected chi connectivity index (χ2v) is 3.86. The lowest BCUT2D eigenvalue weighted by molar-refractivity contribution is 0.165. The number of aliphatic hydroxyl groups is 1. The molecule has 1 aromatic rings. The topological polar surface area (TPSA) is 61.8 Å². The molecule has 0 aliphatic carbocycles. The molecule has 0 heterocycles. The Morgan fingerprint density at radius 2 is 2.11 bits per heavy atom. The van der Waals surface area contributed by atoms with Crippen molar-refractivity contribution >= 4 is 6.03 Å². The summed E-state index contributed by atoms with van der Waals surface area (Å²) in [6.45, 7) is 1.69. The van der Waals surface area contributed by atoms with Gasteiger partial charge >= 0.3 is 6.03 Å². The molecule has 0 fully saturated rings. The molecular weight excluding hydrogens is 232 g/mol. The molecule has 0 unspecified atom stereocenters. The predicted octanol–water partition coefficient (Wildman–Crippen LogP) is 0.837. The molecule has 0 aliphatic rings. The van der Waals surface area contributed by atoms with Gasteiger partial charge < -0.3 is 20.1 Å². The Hall–Kier alpha value is -1.59. The molecular formula is C13H20N2O3. The number of methoxy groups -OCH3 is 1. The maximum atomic E-state index is 11.9. The lowest BCUT2D eigenvalue weighted by atomic mass is 10.2. The fourth-order valence-corrected chi connectivity index (χ4v) is 1.55. The number of rotatable bonds is 7. The molecule has 5 nitrogen and oxygen atoms in total. The number of nitrogens with zero attached hydrogens (tertiary/aromatic N) is 1. The minimum Gasteiger partial charge on any atom is -0.395 e. The Bertz CT molecular complexity index is 343. The van der Waals surface area contributed by atoms with Crippen molar-refractivity contribution < 1.29 is 14.6 Å². The quantitative estimate of drug-likeness (QED) is 0.707. The van der Waals surface area contributed by atoms with Crippen molar-refractivity contribution in [3.05, 3.63) is 35.9 Å². The van der Waals surface area contributed by atoms with E-state index < -0.39 is 0 Å². The summed E-state index contributed by atoms with van der Waals surface area (Å²) in [6.07, 6.45) is 0. The number of carbonyl (C=O) groups excluding carboxylic acids is 1. The number of hydrogen-bond acceptors (Lipinski definition) is 3. The third-order valence-corrected chi connectivity index (χ3v) is 2.46. The van der Waals surface area contributed by atoms with Crippen LogP contribution in [0, 0.1) is 0 Å². The summed E-state index contributed by atoms with van der Waals surface area (Å²) in [7, 11) is 1.58. The van der Waals surface area contributed by atoms with Gasteiger partial charge in [0, 0.05) is 26.7 Å². The average molecular weight is 252 g/mol. The SMILES string of the molecule is COCCNC(=O)N(CCO)Cc1ccccc1. The number of nitrogens with one attached hydrogen (secondary N) is 1. The summed E-state index contributed by atoms with van der Waals surface area (Å²) in [5, 5.41) is 11.7. The molecule has 0 radical (unpaired) electrons. The van der Waals surface area contributed by atoms with Crippen LogP contribution in [-0.4, -0.2) is 49.5 Å². The number of amides is 2. The molecule has 0 atom stereocenters. The van der Waals surface area contributed by atoms with Crippen LogP contribution in [0.4, 0.5) is 4.79 Å². The van der Waals surface area contributed by atoms with Crippen molar-refractivity contribution in [2.45, 2.75) is 6.54 Å². The van der Waals surface area contributed by atoms with Crippen LogP contribution in [0.3, 0.4) is 0 Å². The van der Waals surface area contributed by atoms with Crippen LogP contribution < -0.4 is 5.32 Å². The molecule has 100 valence electrons. The number of carbonyl (C=O) groups is 1. The van der Waals surface area contributed by atoms with Gasteiger partial charge in [-0.1, -0.05) is 30.3 Å². The third-order valence-electron chi connectivity index (χ3n) is 2.46. The van der Waals surface area contributed by atoms with Gasteiger partial charge in [-0.3, -0.25) is 0 Å². The van der Waals surface area contributed by atoms with Gasteiger partial charge in [0.05, 0.1) is 13.2 Å². The van der Waals surface area contributed by atoms with Gasteiger partial charge in [-0.05, 0) is 5.56 Å². The highest BCUT2D eigenvalue weighted by Crippen LogP contribution is 2.04. The van der Waals surface area contributed by atoms with Gasteiger partial charge in [-0.15, -0.1) is 0 Å². The van der Waals surface area contributed by atoms with Crippen LogP contribution in [0.25, 0.3) is 0 Å².